The zero-order valence-corrected chi connectivity index (χ0v) is 10.7. The van der Waals surface area contributed by atoms with Crippen molar-refractivity contribution >= 4 is 18.0 Å². The van der Waals surface area contributed by atoms with Crippen LogP contribution in [-0.2, 0) is 11.8 Å². The van der Waals surface area contributed by atoms with Crippen LogP contribution in [0.15, 0.2) is 18.9 Å². The summed E-state index contributed by atoms with van der Waals surface area (Å²) < 4.78 is 1.49. The van der Waals surface area contributed by atoms with Crippen molar-refractivity contribution in [3.8, 4) is 0 Å². The first-order valence-corrected chi connectivity index (χ1v) is 5.98. The molecule has 1 saturated heterocycles. The van der Waals surface area contributed by atoms with E-state index in [2.05, 4.69) is 11.6 Å². The normalized spacial score (nSPS) is 14.9. The number of carbonyl (C=O) groups excluding carboxylic acids is 3. The van der Waals surface area contributed by atoms with Crippen molar-refractivity contribution < 1.29 is 14.4 Å². The molecule has 1 amide bonds. The van der Waals surface area contributed by atoms with Gasteiger partial charge in [-0.05, 0) is 6.08 Å². The van der Waals surface area contributed by atoms with Gasteiger partial charge in [0.25, 0.3) is 0 Å². The van der Waals surface area contributed by atoms with Crippen LogP contribution in [0.1, 0.15) is 27.5 Å². The number of Topliss-reactive ketones (excluding diaryl/α,β-unsaturated/α-hetero) is 1. The third-order valence-corrected chi connectivity index (χ3v) is 3.33. The average molecular weight is 261 g/mol. The quantitative estimate of drug-likeness (QED) is 0.438. The Balaban J connectivity index is 1.92. The lowest BCUT2D eigenvalue weighted by Gasteiger charge is -2.38. The highest BCUT2D eigenvalue weighted by Gasteiger charge is 2.31. The van der Waals surface area contributed by atoms with Crippen LogP contribution in [0.25, 0.3) is 0 Å². The molecule has 1 aliphatic rings. The zero-order chi connectivity index (χ0) is 14.0. The minimum atomic E-state index is -0.104. The van der Waals surface area contributed by atoms with Crippen molar-refractivity contribution in [2.24, 2.45) is 13.0 Å². The van der Waals surface area contributed by atoms with Gasteiger partial charge in [0, 0.05) is 32.5 Å². The summed E-state index contributed by atoms with van der Waals surface area (Å²) in [5, 5.41) is 0. The van der Waals surface area contributed by atoms with E-state index in [9.17, 15) is 14.4 Å². The highest BCUT2D eigenvalue weighted by molar-refractivity contribution is 5.95. The number of hydrogen-bond acceptors (Lipinski definition) is 4. The number of imidazole rings is 1. The molecule has 0 spiro atoms. The van der Waals surface area contributed by atoms with Gasteiger partial charge in [0.1, 0.15) is 5.69 Å². The van der Waals surface area contributed by atoms with Gasteiger partial charge in [-0.2, -0.15) is 0 Å². The number of aromatic nitrogens is 2. The third-order valence-electron chi connectivity index (χ3n) is 3.33. The molecular formula is C13H15N3O3. The molecule has 100 valence electrons. The molecule has 2 heterocycles. The van der Waals surface area contributed by atoms with Gasteiger partial charge in [-0.1, -0.05) is 6.58 Å². The van der Waals surface area contributed by atoms with E-state index in [1.165, 1.54) is 16.8 Å². The third kappa shape index (κ3) is 2.47. The zero-order valence-electron chi connectivity index (χ0n) is 10.7. The molecule has 0 aromatic carbocycles. The molecular weight excluding hydrogens is 246 g/mol. The lowest BCUT2D eigenvalue weighted by molar-refractivity contribution is -0.132. The summed E-state index contributed by atoms with van der Waals surface area (Å²) in [4.78, 5) is 39.5. The molecule has 0 N–H and O–H groups in total. The first kappa shape index (κ1) is 13.2. The van der Waals surface area contributed by atoms with Crippen molar-refractivity contribution in [3.05, 3.63) is 30.4 Å². The lowest BCUT2D eigenvalue weighted by Crippen LogP contribution is -2.50. The van der Waals surface area contributed by atoms with Crippen molar-refractivity contribution in [3.63, 3.8) is 0 Å². The Morgan fingerprint density at radius 2 is 2.21 bits per heavy atom. The lowest BCUT2D eigenvalue weighted by atomic mass is 9.93. The van der Waals surface area contributed by atoms with Crippen molar-refractivity contribution in [2.45, 2.75) is 6.42 Å². The number of hydrogen-bond donors (Lipinski definition) is 0. The maximum absolute atomic E-state index is 12.0. The second kappa shape index (κ2) is 5.17. The van der Waals surface area contributed by atoms with Gasteiger partial charge in [0.2, 0.25) is 5.91 Å². The molecule has 6 heteroatoms. The Morgan fingerprint density at radius 3 is 2.74 bits per heavy atom. The Kier molecular flexibility index (Phi) is 3.59. The van der Waals surface area contributed by atoms with Gasteiger partial charge in [-0.3, -0.25) is 14.4 Å². The molecule has 1 aromatic heterocycles. The SMILES string of the molecule is C=CC(=O)N1CC(CC(=O)c2cnc(C=O)n2C)C1. The largest absolute Gasteiger partial charge is 0.338 e. The molecule has 1 aliphatic heterocycles. The molecule has 19 heavy (non-hydrogen) atoms. The van der Waals surface area contributed by atoms with E-state index in [-0.39, 0.29) is 23.4 Å². The van der Waals surface area contributed by atoms with Crippen LogP contribution in [0.4, 0.5) is 0 Å². The number of likely N-dealkylation sites (tertiary alicyclic amines) is 1. The predicted molar refractivity (Wildman–Crippen MR) is 67.8 cm³/mol. The second-order valence-corrected chi connectivity index (χ2v) is 4.62. The van der Waals surface area contributed by atoms with Gasteiger partial charge in [0.05, 0.1) is 6.20 Å². The van der Waals surface area contributed by atoms with Crippen LogP contribution >= 0.6 is 0 Å². The van der Waals surface area contributed by atoms with Crippen LogP contribution in [0.3, 0.4) is 0 Å². The highest BCUT2D eigenvalue weighted by Crippen LogP contribution is 2.21. The Bertz CT molecular complexity index is 541. The van der Waals surface area contributed by atoms with E-state index in [1.54, 1.807) is 11.9 Å². The summed E-state index contributed by atoms with van der Waals surface area (Å²) in [7, 11) is 1.64. The number of amides is 1. The molecule has 0 unspecified atom stereocenters. The van der Waals surface area contributed by atoms with Crippen LogP contribution < -0.4 is 0 Å². The minimum absolute atomic E-state index is 0.0567. The summed E-state index contributed by atoms with van der Waals surface area (Å²) in [6, 6.07) is 0. The number of carbonyl (C=O) groups is 3. The van der Waals surface area contributed by atoms with Crippen molar-refractivity contribution in [1.29, 1.82) is 0 Å². The van der Waals surface area contributed by atoms with Crippen molar-refractivity contribution in [2.75, 3.05) is 13.1 Å². The monoisotopic (exact) mass is 261 g/mol. The molecule has 1 fully saturated rings. The molecule has 0 saturated carbocycles. The van der Waals surface area contributed by atoms with E-state index >= 15 is 0 Å². The molecule has 0 radical (unpaired) electrons. The average Bonchev–Trinajstić information content (AvgIpc) is 2.73. The molecule has 0 aliphatic carbocycles. The topological polar surface area (TPSA) is 72.3 Å². The summed E-state index contributed by atoms with van der Waals surface area (Å²) in [5.41, 5.74) is 0.426. The Hall–Kier alpha value is -2.24. The smallest absolute Gasteiger partial charge is 0.245 e. The number of rotatable bonds is 5. The second-order valence-electron chi connectivity index (χ2n) is 4.62. The maximum Gasteiger partial charge on any atom is 0.245 e. The first-order valence-electron chi connectivity index (χ1n) is 5.98. The fourth-order valence-electron chi connectivity index (χ4n) is 2.17. The standard InChI is InChI=1S/C13H15N3O3/c1-3-13(19)16-6-9(7-16)4-11(18)10-5-14-12(8-17)15(10)2/h3,5,8-9H,1,4,6-7H2,2H3. The predicted octanol–water partition coefficient (Wildman–Crippen LogP) is 0.450. The summed E-state index contributed by atoms with van der Waals surface area (Å²) in [5.74, 6) is 0.248. The fraction of sp³-hybridized carbons (Fsp3) is 0.385. The number of aldehydes is 1. The molecule has 0 bridgehead atoms. The van der Waals surface area contributed by atoms with Gasteiger partial charge >= 0.3 is 0 Å². The van der Waals surface area contributed by atoms with Crippen LogP contribution in [0, 0.1) is 5.92 Å². The molecule has 2 rings (SSSR count). The van der Waals surface area contributed by atoms with E-state index in [0.717, 1.165) is 0 Å². The van der Waals surface area contributed by atoms with Gasteiger partial charge in [0.15, 0.2) is 17.9 Å². The summed E-state index contributed by atoms with van der Waals surface area (Å²) >= 11 is 0. The van der Waals surface area contributed by atoms with E-state index in [0.29, 0.717) is 31.5 Å². The van der Waals surface area contributed by atoms with Crippen LogP contribution in [0.2, 0.25) is 0 Å². The number of ketones is 1. The molecule has 6 nitrogen and oxygen atoms in total. The van der Waals surface area contributed by atoms with Crippen LogP contribution in [-0.4, -0.2) is 45.5 Å². The van der Waals surface area contributed by atoms with E-state index in [1.807, 2.05) is 0 Å². The minimum Gasteiger partial charge on any atom is -0.338 e. The maximum atomic E-state index is 12.0. The highest BCUT2D eigenvalue weighted by atomic mass is 16.2. The van der Waals surface area contributed by atoms with E-state index < -0.39 is 0 Å². The summed E-state index contributed by atoms with van der Waals surface area (Å²) in [6.45, 7) is 4.57. The number of nitrogens with zero attached hydrogens (tertiary/aromatic N) is 3. The van der Waals surface area contributed by atoms with Crippen molar-refractivity contribution in [1.82, 2.24) is 14.5 Å². The fourth-order valence-corrected chi connectivity index (χ4v) is 2.17. The van der Waals surface area contributed by atoms with Gasteiger partial charge in [-0.15, -0.1) is 0 Å². The Morgan fingerprint density at radius 1 is 1.53 bits per heavy atom. The van der Waals surface area contributed by atoms with E-state index in [4.69, 9.17) is 0 Å². The Labute approximate surface area is 110 Å². The molecule has 0 atom stereocenters. The molecule has 1 aromatic rings. The van der Waals surface area contributed by atoms with Gasteiger partial charge < -0.3 is 9.47 Å². The van der Waals surface area contributed by atoms with Crippen LogP contribution in [0.5, 0.6) is 0 Å². The summed E-state index contributed by atoms with van der Waals surface area (Å²) in [6.07, 6.45) is 3.66. The first-order chi connectivity index (χ1) is 9.06. The van der Waals surface area contributed by atoms with Gasteiger partial charge in [-0.25, -0.2) is 4.98 Å².